The Balaban J connectivity index is 2.55. The van der Waals surface area contributed by atoms with Gasteiger partial charge in [-0.2, -0.15) is 18.3 Å². The van der Waals surface area contributed by atoms with Crippen LogP contribution in [-0.4, -0.2) is 33.4 Å². The summed E-state index contributed by atoms with van der Waals surface area (Å²) >= 11 is 0. The summed E-state index contributed by atoms with van der Waals surface area (Å²) in [6.07, 6.45) is -4.27. The van der Waals surface area contributed by atoms with Crippen LogP contribution < -0.4 is 5.32 Å². The highest BCUT2D eigenvalue weighted by molar-refractivity contribution is 5.92. The van der Waals surface area contributed by atoms with Gasteiger partial charge in [-0.05, 0) is 20.3 Å². The van der Waals surface area contributed by atoms with Crippen LogP contribution in [-0.2, 0) is 6.18 Å². The second-order valence-electron chi connectivity index (χ2n) is 4.48. The van der Waals surface area contributed by atoms with E-state index in [1.807, 2.05) is 0 Å². The van der Waals surface area contributed by atoms with Gasteiger partial charge in [0.05, 0.1) is 5.60 Å². The molecule has 3 N–H and O–H groups in total. The molecule has 0 spiro atoms. The lowest BCUT2D eigenvalue weighted by Crippen LogP contribution is -2.30. The molecular formula is C10H14F3N3O2. The van der Waals surface area contributed by atoms with Crippen LogP contribution in [0.25, 0.3) is 0 Å². The Morgan fingerprint density at radius 2 is 2.11 bits per heavy atom. The molecule has 0 aromatic carbocycles. The molecule has 0 fully saturated rings. The monoisotopic (exact) mass is 265 g/mol. The summed E-state index contributed by atoms with van der Waals surface area (Å²) in [4.78, 5) is 11.4. The summed E-state index contributed by atoms with van der Waals surface area (Å²) < 4.78 is 36.7. The van der Waals surface area contributed by atoms with Gasteiger partial charge in [-0.25, -0.2) is 0 Å². The van der Waals surface area contributed by atoms with Crippen molar-refractivity contribution in [2.45, 2.75) is 32.0 Å². The average Bonchev–Trinajstić information content (AvgIpc) is 2.62. The van der Waals surface area contributed by atoms with E-state index >= 15 is 0 Å². The number of carbonyl (C=O) groups excluding carboxylic acids is 1. The molecule has 0 aliphatic carbocycles. The van der Waals surface area contributed by atoms with E-state index < -0.39 is 23.4 Å². The van der Waals surface area contributed by atoms with Gasteiger partial charge in [0.15, 0.2) is 5.69 Å². The minimum atomic E-state index is -4.56. The molecule has 0 aliphatic rings. The SMILES string of the molecule is CC(C)(O)CCNC(=O)c1cc(C(F)(F)F)[nH]n1. The van der Waals surface area contributed by atoms with Gasteiger partial charge < -0.3 is 10.4 Å². The van der Waals surface area contributed by atoms with Gasteiger partial charge >= 0.3 is 6.18 Å². The van der Waals surface area contributed by atoms with Crippen LogP contribution in [0, 0.1) is 0 Å². The molecule has 1 aromatic heterocycles. The zero-order valence-electron chi connectivity index (χ0n) is 9.93. The zero-order valence-corrected chi connectivity index (χ0v) is 9.93. The van der Waals surface area contributed by atoms with Gasteiger partial charge in [0, 0.05) is 12.6 Å². The Hall–Kier alpha value is -1.57. The summed E-state index contributed by atoms with van der Waals surface area (Å²) in [6.45, 7) is 3.28. The largest absolute Gasteiger partial charge is 0.432 e. The molecule has 0 saturated carbocycles. The van der Waals surface area contributed by atoms with Crippen molar-refractivity contribution < 1.29 is 23.1 Å². The maximum Gasteiger partial charge on any atom is 0.432 e. The van der Waals surface area contributed by atoms with Gasteiger partial charge in [-0.15, -0.1) is 0 Å². The third-order valence-corrected chi connectivity index (χ3v) is 2.14. The maximum absolute atomic E-state index is 12.2. The molecule has 0 atom stereocenters. The molecule has 8 heteroatoms. The number of nitrogens with one attached hydrogen (secondary N) is 2. The van der Waals surface area contributed by atoms with E-state index in [2.05, 4.69) is 10.4 Å². The van der Waals surface area contributed by atoms with Crippen molar-refractivity contribution in [3.05, 3.63) is 17.5 Å². The minimum absolute atomic E-state index is 0.149. The number of aromatic amines is 1. The number of aromatic nitrogens is 2. The topological polar surface area (TPSA) is 78.0 Å². The van der Waals surface area contributed by atoms with E-state index in [4.69, 9.17) is 0 Å². The van der Waals surface area contributed by atoms with Gasteiger partial charge in [0.1, 0.15) is 5.69 Å². The lowest BCUT2D eigenvalue weighted by molar-refractivity contribution is -0.141. The summed E-state index contributed by atoms with van der Waals surface area (Å²) in [5.41, 5.74) is -2.36. The Morgan fingerprint density at radius 1 is 1.50 bits per heavy atom. The molecule has 102 valence electrons. The molecule has 0 bridgehead atoms. The number of aliphatic hydroxyl groups is 1. The fraction of sp³-hybridized carbons (Fsp3) is 0.600. The predicted molar refractivity (Wildman–Crippen MR) is 56.8 cm³/mol. The van der Waals surface area contributed by atoms with Gasteiger partial charge in [0.2, 0.25) is 0 Å². The molecule has 0 aliphatic heterocycles. The van der Waals surface area contributed by atoms with Crippen molar-refractivity contribution in [2.24, 2.45) is 0 Å². The van der Waals surface area contributed by atoms with E-state index in [1.165, 1.54) is 0 Å². The summed E-state index contributed by atoms with van der Waals surface area (Å²) in [5.74, 6) is -0.717. The first kappa shape index (κ1) is 14.5. The van der Waals surface area contributed by atoms with Crippen molar-refractivity contribution in [1.29, 1.82) is 0 Å². The van der Waals surface area contributed by atoms with Crippen LogP contribution in [0.2, 0.25) is 0 Å². The normalized spacial score (nSPS) is 12.6. The number of hydrogen-bond donors (Lipinski definition) is 3. The summed E-state index contributed by atoms with van der Waals surface area (Å²) in [7, 11) is 0. The number of carbonyl (C=O) groups is 1. The molecule has 1 rings (SSSR count). The second kappa shape index (κ2) is 4.97. The smallest absolute Gasteiger partial charge is 0.390 e. The fourth-order valence-electron chi connectivity index (χ4n) is 1.16. The first-order chi connectivity index (χ1) is 8.09. The van der Waals surface area contributed by atoms with Crippen LogP contribution >= 0.6 is 0 Å². The molecule has 0 saturated heterocycles. The van der Waals surface area contributed by atoms with E-state index in [0.29, 0.717) is 6.07 Å². The fourth-order valence-corrected chi connectivity index (χ4v) is 1.16. The second-order valence-corrected chi connectivity index (χ2v) is 4.48. The Labute approximate surface area is 101 Å². The Morgan fingerprint density at radius 3 is 2.56 bits per heavy atom. The van der Waals surface area contributed by atoms with Crippen LogP contribution in [0.4, 0.5) is 13.2 Å². The number of H-pyrrole nitrogens is 1. The molecule has 18 heavy (non-hydrogen) atoms. The summed E-state index contributed by atoms with van der Waals surface area (Å²) in [6, 6.07) is 0.638. The predicted octanol–water partition coefficient (Wildman–Crippen LogP) is 1.32. The van der Waals surface area contributed by atoms with Crippen LogP contribution in [0.5, 0.6) is 0 Å². The number of alkyl halides is 3. The lowest BCUT2D eigenvalue weighted by Gasteiger charge is -2.16. The van der Waals surface area contributed by atoms with Crippen LogP contribution in [0.15, 0.2) is 6.07 Å². The average molecular weight is 265 g/mol. The molecule has 0 radical (unpaired) electrons. The van der Waals surface area contributed by atoms with E-state index in [-0.39, 0.29) is 18.7 Å². The molecule has 0 unspecified atom stereocenters. The number of halogens is 3. The number of nitrogens with zero attached hydrogens (tertiary/aromatic N) is 1. The number of rotatable bonds is 4. The van der Waals surface area contributed by atoms with E-state index in [9.17, 15) is 23.1 Å². The standard InChI is InChI=1S/C10H14F3N3O2/c1-9(2,18)3-4-14-8(17)6-5-7(16-15-6)10(11,12)13/h5,18H,3-4H2,1-2H3,(H,14,17)(H,15,16). The molecule has 1 amide bonds. The molecule has 1 aromatic rings. The number of hydrogen-bond acceptors (Lipinski definition) is 3. The van der Waals surface area contributed by atoms with Crippen molar-refractivity contribution in [2.75, 3.05) is 6.54 Å². The third-order valence-electron chi connectivity index (χ3n) is 2.14. The van der Waals surface area contributed by atoms with E-state index in [1.54, 1.807) is 18.9 Å². The first-order valence-electron chi connectivity index (χ1n) is 5.23. The zero-order chi connectivity index (χ0) is 14.0. The van der Waals surface area contributed by atoms with Crippen LogP contribution in [0.1, 0.15) is 36.5 Å². The Bertz CT molecular complexity index is 421. The van der Waals surface area contributed by atoms with Gasteiger partial charge in [0.25, 0.3) is 5.91 Å². The van der Waals surface area contributed by atoms with Crippen LogP contribution in [0.3, 0.4) is 0 Å². The highest BCUT2D eigenvalue weighted by Gasteiger charge is 2.33. The third kappa shape index (κ3) is 4.36. The molecule has 1 heterocycles. The highest BCUT2D eigenvalue weighted by atomic mass is 19.4. The molecular weight excluding hydrogens is 251 g/mol. The maximum atomic E-state index is 12.2. The van der Waals surface area contributed by atoms with Gasteiger partial charge in [-0.3, -0.25) is 9.89 Å². The van der Waals surface area contributed by atoms with Crippen molar-refractivity contribution >= 4 is 5.91 Å². The number of amides is 1. The van der Waals surface area contributed by atoms with Crippen molar-refractivity contribution in [3.63, 3.8) is 0 Å². The van der Waals surface area contributed by atoms with Gasteiger partial charge in [-0.1, -0.05) is 0 Å². The Kier molecular flexibility index (Phi) is 4.00. The minimum Gasteiger partial charge on any atom is -0.390 e. The highest BCUT2D eigenvalue weighted by Crippen LogP contribution is 2.27. The quantitative estimate of drug-likeness (QED) is 0.768. The summed E-state index contributed by atoms with van der Waals surface area (Å²) in [5, 5.41) is 16.8. The van der Waals surface area contributed by atoms with Crippen molar-refractivity contribution in [1.82, 2.24) is 15.5 Å². The lowest BCUT2D eigenvalue weighted by atomic mass is 10.1. The van der Waals surface area contributed by atoms with Crippen molar-refractivity contribution in [3.8, 4) is 0 Å². The molecule has 5 nitrogen and oxygen atoms in total. The van der Waals surface area contributed by atoms with E-state index in [0.717, 1.165) is 0 Å². The first-order valence-corrected chi connectivity index (χ1v) is 5.23.